The fourth-order valence-corrected chi connectivity index (χ4v) is 2.79. The number of ether oxygens (including phenoxy) is 2. The Morgan fingerprint density at radius 3 is 2.40 bits per heavy atom. The largest absolute Gasteiger partial charge is 0.497 e. The first-order valence-corrected chi connectivity index (χ1v) is 7.60. The molecule has 0 saturated carbocycles. The Labute approximate surface area is 123 Å². The highest BCUT2D eigenvalue weighted by atomic mass is 16.5. The molecule has 3 nitrogen and oxygen atoms in total. The van der Waals surface area contributed by atoms with Crippen LogP contribution >= 0.6 is 0 Å². The summed E-state index contributed by atoms with van der Waals surface area (Å²) in [5.74, 6) is 2.36. The molecule has 0 aliphatic rings. The molecule has 0 spiro atoms. The number of benzene rings is 1. The van der Waals surface area contributed by atoms with Gasteiger partial charge in [0.15, 0.2) is 0 Å². The molecule has 0 heterocycles. The Balaban J connectivity index is 3.03. The quantitative estimate of drug-likeness (QED) is 0.735. The van der Waals surface area contributed by atoms with Gasteiger partial charge in [-0.1, -0.05) is 39.2 Å². The predicted molar refractivity (Wildman–Crippen MR) is 84.7 cm³/mol. The van der Waals surface area contributed by atoms with E-state index in [1.54, 1.807) is 14.2 Å². The van der Waals surface area contributed by atoms with Crippen LogP contribution < -0.4 is 14.8 Å². The van der Waals surface area contributed by atoms with Crippen LogP contribution in [-0.2, 0) is 0 Å². The molecule has 1 rings (SSSR count). The molecule has 1 aromatic carbocycles. The van der Waals surface area contributed by atoms with Crippen molar-refractivity contribution in [1.29, 1.82) is 0 Å². The number of rotatable bonds is 9. The van der Waals surface area contributed by atoms with Gasteiger partial charge >= 0.3 is 0 Å². The van der Waals surface area contributed by atoms with E-state index in [4.69, 9.17) is 9.47 Å². The highest BCUT2D eigenvalue weighted by molar-refractivity contribution is 5.42. The number of hydrogen-bond acceptors (Lipinski definition) is 3. The summed E-state index contributed by atoms with van der Waals surface area (Å²) in [4.78, 5) is 0. The minimum Gasteiger partial charge on any atom is -0.497 e. The van der Waals surface area contributed by atoms with E-state index in [0.717, 1.165) is 11.5 Å². The van der Waals surface area contributed by atoms with Crippen molar-refractivity contribution >= 4 is 0 Å². The molecule has 0 bridgehead atoms. The standard InChI is InChI=1S/C17H29NO2/c1-6-8-9-13(7-2)17(18-3)15-11-10-14(19-4)12-16(15)20-5/h10-13,17-18H,6-9H2,1-5H3. The van der Waals surface area contributed by atoms with Gasteiger partial charge in [-0.05, 0) is 25.5 Å². The summed E-state index contributed by atoms with van der Waals surface area (Å²) in [5, 5.41) is 3.47. The molecule has 0 saturated heterocycles. The minimum atomic E-state index is 0.326. The van der Waals surface area contributed by atoms with E-state index < -0.39 is 0 Å². The first-order chi connectivity index (χ1) is 9.71. The zero-order valence-corrected chi connectivity index (χ0v) is 13.5. The van der Waals surface area contributed by atoms with Crippen LogP contribution in [-0.4, -0.2) is 21.3 Å². The van der Waals surface area contributed by atoms with Crippen molar-refractivity contribution in [3.8, 4) is 11.5 Å². The summed E-state index contributed by atoms with van der Waals surface area (Å²) < 4.78 is 10.8. The van der Waals surface area contributed by atoms with Crippen LogP contribution in [0.25, 0.3) is 0 Å². The van der Waals surface area contributed by atoms with E-state index in [9.17, 15) is 0 Å². The van der Waals surface area contributed by atoms with Crippen molar-refractivity contribution < 1.29 is 9.47 Å². The Bertz CT molecular complexity index is 393. The highest BCUT2D eigenvalue weighted by Crippen LogP contribution is 2.36. The zero-order chi connectivity index (χ0) is 15.0. The fourth-order valence-electron chi connectivity index (χ4n) is 2.79. The lowest BCUT2D eigenvalue weighted by Gasteiger charge is -2.28. The second kappa shape index (κ2) is 8.85. The van der Waals surface area contributed by atoms with Crippen LogP contribution in [0, 0.1) is 5.92 Å². The Hall–Kier alpha value is -1.22. The van der Waals surface area contributed by atoms with E-state index in [1.165, 1.54) is 31.2 Å². The molecule has 0 amide bonds. The monoisotopic (exact) mass is 279 g/mol. The number of hydrogen-bond donors (Lipinski definition) is 1. The highest BCUT2D eigenvalue weighted by Gasteiger charge is 2.23. The minimum absolute atomic E-state index is 0.326. The third-order valence-corrected chi connectivity index (χ3v) is 4.01. The lowest BCUT2D eigenvalue weighted by atomic mass is 9.86. The van der Waals surface area contributed by atoms with Gasteiger partial charge in [-0.2, -0.15) is 0 Å². The van der Waals surface area contributed by atoms with Gasteiger partial charge in [0, 0.05) is 17.7 Å². The first-order valence-electron chi connectivity index (χ1n) is 7.60. The molecule has 0 aliphatic carbocycles. The van der Waals surface area contributed by atoms with E-state index in [1.807, 2.05) is 19.2 Å². The molecule has 2 atom stereocenters. The van der Waals surface area contributed by atoms with Crippen molar-refractivity contribution in [2.24, 2.45) is 5.92 Å². The fraction of sp³-hybridized carbons (Fsp3) is 0.647. The Morgan fingerprint density at radius 1 is 1.15 bits per heavy atom. The average Bonchev–Trinajstić information content (AvgIpc) is 2.51. The molecule has 0 aliphatic heterocycles. The van der Waals surface area contributed by atoms with Crippen molar-refractivity contribution in [1.82, 2.24) is 5.32 Å². The number of unbranched alkanes of at least 4 members (excludes halogenated alkanes) is 1. The van der Waals surface area contributed by atoms with E-state index in [-0.39, 0.29) is 0 Å². The summed E-state index contributed by atoms with van der Waals surface area (Å²) in [6, 6.07) is 6.42. The second-order valence-electron chi connectivity index (χ2n) is 5.18. The molecule has 114 valence electrons. The van der Waals surface area contributed by atoms with Gasteiger partial charge in [-0.25, -0.2) is 0 Å². The van der Waals surface area contributed by atoms with Gasteiger partial charge in [0.2, 0.25) is 0 Å². The average molecular weight is 279 g/mol. The maximum atomic E-state index is 5.55. The van der Waals surface area contributed by atoms with Crippen LogP contribution in [0.4, 0.5) is 0 Å². The molecule has 2 unspecified atom stereocenters. The third-order valence-electron chi connectivity index (χ3n) is 4.01. The molecule has 1 aromatic rings. The summed E-state index contributed by atoms with van der Waals surface area (Å²) in [6.07, 6.45) is 4.93. The van der Waals surface area contributed by atoms with Crippen LogP contribution in [0.1, 0.15) is 51.1 Å². The topological polar surface area (TPSA) is 30.5 Å². The molecule has 0 radical (unpaired) electrons. The summed E-state index contributed by atoms with van der Waals surface area (Å²) >= 11 is 0. The zero-order valence-electron chi connectivity index (χ0n) is 13.5. The van der Waals surface area contributed by atoms with Crippen molar-refractivity contribution in [3.05, 3.63) is 23.8 Å². The number of nitrogens with one attached hydrogen (secondary N) is 1. The molecule has 20 heavy (non-hydrogen) atoms. The maximum Gasteiger partial charge on any atom is 0.127 e. The number of methoxy groups -OCH3 is 2. The second-order valence-corrected chi connectivity index (χ2v) is 5.18. The molecule has 1 N–H and O–H groups in total. The van der Waals surface area contributed by atoms with Crippen LogP contribution in [0.2, 0.25) is 0 Å². The first kappa shape index (κ1) is 16.8. The summed E-state index contributed by atoms with van der Waals surface area (Å²) in [6.45, 7) is 4.51. The SMILES string of the molecule is CCCCC(CC)C(NC)c1ccc(OC)cc1OC. The van der Waals surface area contributed by atoms with Gasteiger partial charge in [-0.15, -0.1) is 0 Å². The van der Waals surface area contributed by atoms with E-state index in [2.05, 4.69) is 25.2 Å². The third kappa shape index (κ3) is 4.14. The Kier molecular flexibility index (Phi) is 7.45. The van der Waals surface area contributed by atoms with Gasteiger partial charge in [0.1, 0.15) is 11.5 Å². The maximum absolute atomic E-state index is 5.55. The smallest absolute Gasteiger partial charge is 0.127 e. The molecule has 0 aromatic heterocycles. The van der Waals surface area contributed by atoms with Crippen LogP contribution in [0.15, 0.2) is 18.2 Å². The summed E-state index contributed by atoms with van der Waals surface area (Å²) in [5.41, 5.74) is 1.22. The van der Waals surface area contributed by atoms with E-state index >= 15 is 0 Å². The molecular formula is C17H29NO2. The van der Waals surface area contributed by atoms with E-state index in [0.29, 0.717) is 12.0 Å². The molecule has 0 fully saturated rings. The van der Waals surface area contributed by atoms with Crippen LogP contribution in [0.5, 0.6) is 11.5 Å². The van der Waals surface area contributed by atoms with Crippen molar-refractivity contribution in [2.45, 2.75) is 45.6 Å². The van der Waals surface area contributed by atoms with Gasteiger partial charge in [0.05, 0.1) is 14.2 Å². The van der Waals surface area contributed by atoms with Crippen LogP contribution in [0.3, 0.4) is 0 Å². The predicted octanol–water partition coefficient (Wildman–Crippen LogP) is 4.18. The van der Waals surface area contributed by atoms with Crippen molar-refractivity contribution in [2.75, 3.05) is 21.3 Å². The van der Waals surface area contributed by atoms with Crippen molar-refractivity contribution in [3.63, 3.8) is 0 Å². The lowest BCUT2D eigenvalue weighted by Crippen LogP contribution is -2.25. The normalized spacial score (nSPS) is 13.8. The van der Waals surface area contributed by atoms with Gasteiger partial charge < -0.3 is 14.8 Å². The molecular weight excluding hydrogens is 250 g/mol. The lowest BCUT2D eigenvalue weighted by molar-refractivity contribution is 0.323. The van der Waals surface area contributed by atoms with Gasteiger partial charge in [0.25, 0.3) is 0 Å². The molecule has 3 heteroatoms. The summed E-state index contributed by atoms with van der Waals surface area (Å²) in [7, 11) is 5.43. The Morgan fingerprint density at radius 2 is 1.90 bits per heavy atom. The van der Waals surface area contributed by atoms with Gasteiger partial charge in [-0.3, -0.25) is 0 Å².